The van der Waals surface area contributed by atoms with Crippen LogP contribution in [0.15, 0.2) is 72.8 Å². The highest BCUT2D eigenvalue weighted by atomic mass is 35.5. The Morgan fingerprint density at radius 2 is 1.54 bits per heavy atom. The maximum Gasteiger partial charge on any atom is 0.416 e. The summed E-state index contributed by atoms with van der Waals surface area (Å²) in [5, 5.41) is -0.0325. The van der Waals surface area contributed by atoms with Crippen LogP contribution in [0.2, 0.25) is 5.02 Å². The molecule has 0 aliphatic heterocycles. The zero-order valence-electron chi connectivity index (χ0n) is 19.0. The number of benzene rings is 3. The predicted octanol–water partition coefficient (Wildman–Crippen LogP) is 5.95. The molecule has 184 valence electrons. The van der Waals surface area contributed by atoms with Gasteiger partial charge in [-0.05, 0) is 47.9 Å². The number of nitrogens with zero attached hydrogens (tertiary/aromatic N) is 2. The minimum atomic E-state index is -4.46. The first-order valence-electron chi connectivity index (χ1n) is 10.7. The van der Waals surface area contributed by atoms with Crippen LogP contribution in [0.25, 0.3) is 0 Å². The van der Waals surface area contributed by atoms with Gasteiger partial charge in [0.05, 0.1) is 16.3 Å². The van der Waals surface area contributed by atoms with E-state index in [9.17, 15) is 27.2 Å². The van der Waals surface area contributed by atoms with Crippen molar-refractivity contribution in [2.75, 3.05) is 25.5 Å². The molecule has 0 saturated carbocycles. The summed E-state index contributed by atoms with van der Waals surface area (Å²) in [5.41, 5.74) is 0.423. The average molecular weight is 507 g/mol. The first-order valence-corrected chi connectivity index (χ1v) is 11.1. The molecule has 0 N–H and O–H groups in total. The molecular weight excluding hydrogens is 484 g/mol. The first kappa shape index (κ1) is 26.2. The van der Waals surface area contributed by atoms with E-state index in [-0.39, 0.29) is 23.7 Å². The second kappa shape index (κ2) is 10.9. The molecular formula is C26H23ClF4N2O2. The van der Waals surface area contributed by atoms with Gasteiger partial charge in [-0.2, -0.15) is 13.2 Å². The van der Waals surface area contributed by atoms with Gasteiger partial charge in [-0.25, -0.2) is 4.39 Å². The SMILES string of the molecule is CN(C)C(=O)C(C(=O)N(CCc1ccc(C(F)(F)F)cc1)c1ccc(F)cc1Cl)c1ccccc1. The van der Waals surface area contributed by atoms with Crippen LogP contribution in [-0.2, 0) is 22.2 Å². The molecule has 3 aromatic rings. The predicted molar refractivity (Wildman–Crippen MR) is 127 cm³/mol. The zero-order chi connectivity index (χ0) is 25.8. The fourth-order valence-corrected chi connectivity index (χ4v) is 3.87. The van der Waals surface area contributed by atoms with Crippen molar-refractivity contribution < 1.29 is 27.2 Å². The van der Waals surface area contributed by atoms with Crippen LogP contribution < -0.4 is 4.90 Å². The van der Waals surface area contributed by atoms with Crippen molar-refractivity contribution in [1.82, 2.24) is 4.90 Å². The lowest BCUT2D eigenvalue weighted by atomic mass is 9.95. The molecule has 9 heteroatoms. The highest BCUT2D eigenvalue weighted by molar-refractivity contribution is 6.34. The van der Waals surface area contributed by atoms with Crippen molar-refractivity contribution in [2.45, 2.75) is 18.5 Å². The topological polar surface area (TPSA) is 40.6 Å². The van der Waals surface area contributed by atoms with Gasteiger partial charge in [0.25, 0.3) is 0 Å². The van der Waals surface area contributed by atoms with Crippen molar-refractivity contribution in [2.24, 2.45) is 0 Å². The Bertz CT molecular complexity index is 1180. The summed E-state index contributed by atoms with van der Waals surface area (Å²) < 4.78 is 52.4. The zero-order valence-corrected chi connectivity index (χ0v) is 19.8. The van der Waals surface area contributed by atoms with Gasteiger partial charge < -0.3 is 9.80 Å². The van der Waals surface area contributed by atoms with Gasteiger partial charge in [0.15, 0.2) is 0 Å². The number of alkyl halides is 3. The fourth-order valence-electron chi connectivity index (χ4n) is 3.60. The number of anilines is 1. The molecule has 0 spiro atoms. The molecule has 0 aliphatic carbocycles. The largest absolute Gasteiger partial charge is 0.416 e. The van der Waals surface area contributed by atoms with Crippen molar-refractivity contribution in [3.8, 4) is 0 Å². The third-order valence-electron chi connectivity index (χ3n) is 5.44. The molecule has 4 nitrogen and oxygen atoms in total. The molecule has 0 heterocycles. The van der Waals surface area contributed by atoms with E-state index >= 15 is 0 Å². The van der Waals surface area contributed by atoms with Gasteiger partial charge in [-0.15, -0.1) is 0 Å². The summed E-state index contributed by atoms with van der Waals surface area (Å²) in [4.78, 5) is 29.4. The van der Waals surface area contributed by atoms with Crippen LogP contribution in [0.4, 0.5) is 23.2 Å². The monoisotopic (exact) mass is 506 g/mol. The Hall–Kier alpha value is -3.39. The van der Waals surface area contributed by atoms with E-state index < -0.39 is 35.3 Å². The maximum absolute atomic E-state index is 13.8. The highest BCUT2D eigenvalue weighted by Crippen LogP contribution is 2.32. The molecule has 0 aliphatic rings. The van der Waals surface area contributed by atoms with E-state index in [1.54, 1.807) is 30.3 Å². The number of hydrogen-bond acceptors (Lipinski definition) is 2. The van der Waals surface area contributed by atoms with Crippen LogP contribution in [0.5, 0.6) is 0 Å². The fraction of sp³-hybridized carbons (Fsp3) is 0.231. The summed E-state index contributed by atoms with van der Waals surface area (Å²) in [5.74, 6) is -2.84. The summed E-state index contributed by atoms with van der Waals surface area (Å²) in [6.07, 6.45) is -4.28. The number of halogens is 5. The first-order chi connectivity index (χ1) is 16.5. The van der Waals surface area contributed by atoms with Gasteiger partial charge in [0, 0.05) is 20.6 Å². The van der Waals surface area contributed by atoms with Gasteiger partial charge in [-0.3, -0.25) is 9.59 Å². The normalized spacial score (nSPS) is 12.2. The smallest absolute Gasteiger partial charge is 0.348 e. The maximum atomic E-state index is 13.8. The molecule has 0 saturated heterocycles. The molecule has 0 fully saturated rings. The Labute approximate surface area is 205 Å². The summed E-state index contributed by atoms with van der Waals surface area (Å²) >= 11 is 6.26. The van der Waals surface area contributed by atoms with Gasteiger partial charge in [0.1, 0.15) is 11.7 Å². The van der Waals surface area contributed by atoms with Gasteiger partial charge in [-0.1, -0.05) is 54.1 Å². The molecule has 1 atom stereocenters. The number of rotatable bonds is 7. The lowest BCUT2D eigenvalue weighted by Crippen LogP contribution is -2.43. The second-order valence-electron chi connectivity index (χ2n) is 8.11. The number of amides is 2. The molecule has 0 aromatic heterocycles. The number of carbonyl (C=O) groups is 2. The second-order valence-corrected chi connectivity index (χ2v) is 8.51. The van der Waals surface area contributed by atoms with E-state index in [4.69, 9.17) is 11.6 Å². The van der Waals surface area contributed by atoms with Crippen LogP contribution >= 0.6 is 11.6 Å². The van der Waals surface area contributed by atoms with Gasteiger partial charge in [0.2, 0.25) is 11.8 Å². The Morgan fingerprint density at radius 3 is 2.09 bits per heavy atom. The van der Waals surface area contributed by atoms with E-state index in [1.165, 1.54) is 42.1 Å². The highest BCUT2D eigenvalue weighted by Gasteiger charge is 2.35. The third kappa shape index (κ3) is 6.39. The Balaban J connectivity index is 1.98. The number of carbonyl (C=O) groups excluding carboxylic acids is 2. The lowest BCUT2D eigenvalue weighted by Gasteiger charge is -2.29. The molecule has 3 rings (SSSR count). The molecule has 35 heavy (non-hydrogen) atoms. The van der Waals surface area contributed by atoms with E-state index in [1.807, 2.05) is 0 Å². The minimum absolute atomic E-state index is 0.000404. The van der Waals surface area contributed by atoms with Crippen molar-refractivity contribution >= 4 is 29.1 Å². The average Bonchev–Trinajstić information content (AvgIpc) is 2.81. The molecule has 1 unspecified atom stereocenters. The van der Waals surface area contributed by atoms with Crippen molar-refractivity contribution in [3.63, 3.8) is 0 Å². The molecule has 3 aromatic carbocycles. The van der Waals surface area contributed by atoms with Crippen LogP contribution in [-0.4, -0.2) is 37.4 Å². The molecule has 2 amide bonds. The standard InChI is InChI=1S/C26H23ClF4N2O2/c1-32(2)24(34)23(18-6-4-3-5-7-18)25(35)33(22-13-12-20(28)16-21(22)27)15-14-17-8-10-19(11-9-17)26(29,30)31/h3-13,16,23H,14-15H2,1-2H3. The molecule has 0 bridgehead atoms. The quantitative estimate of drug-likeness (QED) is 0.294. The van der Waals surface area contributed by atoms with E-state index in [0.29, 0.717) is 11.1 Å². The summed E-state index contributed by atoms with van der Waals surface area (Å²) in [6, 6.07) is 16.6. The van der Waals surface area contributed by atoms with E-state index in [2.05, 4.69) is 0 Å². The third-order valence-corrected chi connectivity index (χ3v) is 5.74. The van der Waals surface area contributed by atoms with Crippen molar-refractivity contribution in [3.05, 3.63) is 100 Å². The van der Waals surface area contributed by atoms with E-state index in [0.717, 1.165) is 24.3 Å². The Kier molecular flexibility index (Phi) is 8.17. The summed E-state index contributed by atoms with van der Waals surface area (Å²) in [7, 11) is 3.06. The minimum Gasteiger partial charge on any atom is -0.348 e. The van der Waals surface area contributed by atoms with Gasteiger partial charge >= 0.3 is 6.18 Å². The Morgan fingerprint density at radius 1 is 0.914 bits per heavy atom. The molecule has 0 radical (unpaired) electrons. The summed E-state index contributed by atoms with van der Waals surface area (Å²) in [6.45, 7) is -0.000404. The van der Waals surface area contributed by atoms with Crippen LogP contribution in [0, 0.1) is 5.82 Å². The number of likely N-dealkylation sites (N-methyl/N-ethyl adjacent to an activating group) is 1. The lowest BCUT2D eigenvalue weighted by molar-refractivity contribution is -0.138. The number of hydrogen-bond donors (Lipinski definition) is 0. The van der Waals surface area contributed by atoms with Crippen LogP contribution in [0.3, 0.4) is 0 Å². The van der Waals surface area contributed by atoms with Crippen molar-refractivity contribution in [1.29, 1.82) is 0 Å². The van der Waals surface area contributed by atoms with Crippen LogP contribution in [0.1, 0.15) is 22.6 Å².